The Labute approximate surface area is 559 Å². The number of hydrogen-bond donors (Lipinski definition) is 0. The molecule has 9 aromatic carbocycles. The lowest BCUT2D eigenvalue weighted by molar-refractivity contribution is -0.00407. The van der Waals surface area contributed by atoms with Crippen molar-refractivity contribution < 1.29 is 0 Å². The molecule has 18 rings (SSSR count). The molecule has 0 radical (unpaired) electrons. The minimum atomic E-state index is 0.0154. The summed E-state index contributed by atoms with van der Waals surface area (Å²) in [5, 5.41) is 0.606. The summed E-state index contributed by atoms with van der Waals surface area (Å²) in [5.41, 5.74) is 22.3. The first-order chi connectivity index (χ1) is 46.1. The molecule has 0 aromatic heterocycles. The summed E-state index contributed by atoms with van der Waals surface area (Å²) >= 11 is 2.37. The molecule has 4 nitrogen and oxygen atoms in total. The van der Waals surface area contributed by atoms with Gasteiger partial charge in [-0.05, 0) is 207 Å². The van der Waals surface area contributed by atoms with Crippen LogP contribution in [0.1, 0.15) is 145 Å². The van der Waals surface area contributed by atoms with Crippen LogP contribution in [-0.2, 0) is 0 Å². The van der Waals surface area contributed by atoms with Gasteiger partial charge >= 0.3 is 0 Å². The highest BCUT2D eigenvalue weighted by Gasteiger charge is 2.58. The number of para-hydroxylation sites is 5. The molecular weight excluding hydrogens is 1140 g/mol. The van der Waals surface area contributed by atoms with Gasteiger partial charge in [-0.1, -0.05) is 227 Å². The minimum absolute atomic E-state index is 0.0154. The largest absolute Gasteiger partial charge is 0.311 e. The van der Waals surface area contributed by atoms with Crippen molar-refractivity contribution in [1.82, 2.24) is 4.90 Å². The lowest BCUT2D eigenvalue weighted by Crippen LogP contribution is -2.64. The average Bonchev–Trinajstić information content (AvgIpc) is 0.699. The molecule has 9 aromatic rings. The number of anilines is 9. The van der Waals surface area contributed by atoms with Crippen LogP contribution < -0.4 is 36.6 Å². The van der Waals surface area contributed by atoms with Gasteiger partial charge in [0.15, 0.2) is 6.71 Å². The zero-order chi connectivity index (χ0) is 61.5. The Morgan fingerprint density at radius 1 is 0.419 bits per heavy atom. The number of fused-ring (bicyclic) bond motifs is 8. The highest BCUT2D eigenvalue weighted by molar-refractivity contribution is 8.00. The van der Waals surface area contributed by atoms with E-state index in [1.54, 1.807) is 15.9 Å². The van der Waals surface area contributed by atoms with Crippen molar-refractivity contribution in [2.45, 2.75) is 181 Å². The van der Waals surface area contributed by atoms with Gasteiger partial charge in [-0.3, -0.25) is 4.90 Å². The second-order valence-electron chi connectivity index (χ2n) is 30.1. The molecule has 0 bridgehead atoms. The van der Waals surface area contributed by atoms with Gasteiger partial charge in [0.05, 0.1) is 11.4 Å². The van der Waals surface area contributed by atoms with Crippen LogP contribution >= 0.6 is 11.8 Å². The van der Waals surface area contributed by atoms with Gasteiger partial charge in [0.2, 0.25) is 0 Å². The van der Waals surface area contributed by atoms with Crippen molar-refractivity contribution in [2.75, 3.05) is 14.7 Å². The van der Waals surface area contributed by atoms with Crippen LogP contribution in [0.4, 0.5) is 51.2 Å². The highest BCUT2D eigenvalue weighted by atomic mass is 32.2. The first-order valence-electron chi connectivity index (χ1n) is 36.7. The van der Waals surface area contributed by atoms with Crippen LogP contribution in [0.15, 0.2) is 223 Å². The minimum Gasteiger partial charge on any atom is -0.311 e. The second kappa shape index (κ2) is 24.9. The lowest BCUT2D eigenvalue weighted by Gasteiger charge is -2.59. The van der Waals surface area contributed by atoms with E-state index in [2.05, 4.69) is 257 Å². The van der Waals surface area contributed by atoms with E-state index in [-0.39, 0.29) is 6.71 Å². The number of nitrogens with zero attached hydrogens (tertiary/aromatic N) is 4. The fourth-order valence-corrected chi connectivity index (χ4v) is 23.2. The van der Waals surface area contributed by atoms with Crippen LogP contribution in [0, 0.1) is 30.6 Å². The van der Waals surface area contributed by atoms with E-state index in [1.807, 2.05) is 0 Å². The Bertz CT molecular complexity index is 4090. The lowest BCUT2D eigenvalue weighted by atomic mass is 9.21. The van der Waals surface area contributed by atoms with Crippen LogP contribution in [-0.4, -0.2) is 41.7 Å². The molecule has 0 spiro atoms. The third kappa shape index (κ3) is 10.4. The number of thioether (sulfide) groups is 1. The molecule has 6 fully saturated rings. The van der Waals surface area contributed by atoms with Crippen molar-refractivity contribution >= 4 is 98.2 Å². The fourth-order valence-electron chi connectivity index (χ4n) is 21.5. The third-order valence-corrected chi connectivity index (χ3v) is 26.8. The predicted molar refractivity (Wildman–Crippen MR) is 397 cm³/mol. The van der Waals surface area contributed by atoms with Crippen LogP contribution in [0.5, 0.6) is 0 Å². The zero-order valence-electron chi connectivity index (χ0n) is 54.6. The molecule has 93 heavy (non-hydrogen) atoms. The van der Waals surface area contributed by atoms with Crippen molar-refractivity contribution in [2.24, 2.45) is 23.7 Å². The van der Waals surface area contributed by atoms with Crippen molar-refractivity contribution in [3.8, 4) is 11.1 Å². The van der Waals surface area contributed by atoms with Gasteiger partial charge in [0.25, 0.3) is 6.71 Å². The van der Waals surface area contributed by atoms with Crippen molar-refractivity contribution in [1.29, 1.82) is 0 Å². The van der Waals surface area contributed by atoms with Gasteiger partial charge in [-0.15, -0.1) is 11.8 Å². The molecule has 1 saturated heterocycles. The van der Waals surface area contributed by atoms with E-state index in [4.69, 9.17) is 0 Å². The Morgan fingerprint density at radius 3 is 1.74 bits per heavy atom. The van der Waals surface area contributed by atoms with Gasteiger partial charge in [-0.25, -0.2) is 0 Å². The van der Waals surface area contributed by atoms with E-state index in [0.717, 1.165) is 52.6 Å². The molecule has 0 amide bonds. The van der Waals surface area contributed by atoms with E-state index >= 15 is 0 Å². The molecule has 4 aliphatic heterocycles. The van der Waals surface area contributed by atoms with E-state index in [0.29, 0.717) is 35.8 Å². The van der Waals surface area contributed by atoms with E-state index in [9.17, 15) is 0 Å². The molecule has 6 unspecified atom stereocenters. The van der Waals surface area contributed by atoms with Gasteiger partial charge in [0, 0.05) is 73.6 Å². The maximum Gasteiger partial charge on any atom is 0.252 e. The van der Waals surface area contributed by atoms with Crippen LogP contribution in [0.25, 0.3) is 11.1 Å². The molecule has 7 heteroatoms. The summed E-state index contributed by atoms with van der Waals surface area (Å²) in [4.78, 5) is 12.9. The normalized spacial score (nSPS) is 26.3. The van der Waals surface area contributed by atoms with Crippen molar-refractivity contribution in [3.05, 3.63) is 230 Å². The van der Waals surface area contributed by atoms with Crippen molar-refractivity contribution in [3.63, 3.8) is 0 Å². The molecule has 0 N–H and O–H groups in total. The third-order valence-electron chi connectivity index (χ3n) is 25.4. The van der Waals surface area contributed by atoms with E-state index < -0.39 is 0 Å². The summed E-state index contributed by atoms with van der Waals surface area (Å²) in [5.74, 6) is 5.68. The molecule has 4 heterocycles. The van der Waals surface area contributed by atoms with Crippen LogP contribution in [0.3, 0.4) is 0 Å². The summed E-state index contributed by atoms with van der Waals surface area (Å²) in [6.45, 7) is 2.98. The van der Waals surface area contributed by atoms with Gasteiger partial charge in [0.1, 0.15) is 0 Å². The second-order valence-corrected chi connectivity index (χ2v) is 31.4. The molecule has 5 aliphatic carbocycles. The maximum absolute atomic E-state index is 3.37. The average molecular weight is 1230 g/mol. The summed E-state index contributed by atoms with van der Waals surface area (Å²) in [6, 6.07) is 85.9. The molecule has 5 saturated carbocycles. The number of rotatable bonds is 11. The number of benzene rings is 9. The first kappa shape index (κ1) is 58.4. The Balaban J connectivity index is 0.821. The number of hydrogen-bond acceptors (Lipinski definition) is 5. The molecule has 9 aliphatic rings. The Kier molecular flexibility index (Phi) is 15.6. The molecule has 6 atom stereocenters. The van der Waals surface area contributed by atoms with Gasteiger partial charge < -0.3 is 14.7 Å². The topological polar surface area (TPSA) is 13.0 Å². The van der Waals surface area contributed by atoms with E-state index in [1.165, 1.54) is 196 Å². The maximum atomic E-state index is 3.37. The smallest absolute Gasteiger partial charge is 0.252 e. The standard InChI is InChI=1S/C86H90B2N4S/c1-58-25-24-39-73(63-30-12-4-13-31-63)86(58)92-79-57-82-77(56-76(79)88-75-41-22-23-42-78(75)91(68-37-18-7-19-38-68)80-53-72(54-81(92)85(80)88)89(66-33-14-5-15-34-66)67-35-16-6-17-36-67)87-74-40-21-20-32-64(74)51-65-52-71(55-83(93-82)84(65)87)90(69-47-43-61(44-48-69)59-26-8-2-9-27-59)70-49-45-62(46-50-70)60-28-10-3-11-29-60/h2,4-9,12-19,22-27,30-31,33-39,41-42,53-54,56-57,60-62,64-65,69-71,74,83-84H,3,10-11,20-21,28-29,32,40,43-52,55H2,1H3. The first-order valence-corrected chi connectivity index (χ1v) is 37.6. The van der Waals surface area contributed by atoms with Crippen LogP contribution in [0.2, 0.25) is 11.6 Å². The van der Waals surface area contributed by atoms with Gasteiger partial charge in [-0.2, -0.15) is 0 Å². The molecular formula is C86H90B2N4S. The summed E-state index contributed by atoms with van der Waals surface area (Å²) < 4.78 is 0. The molecule has 466 valence electrons. The summed E-state index contributed by atoms with van der Waals surface area (Å²) in [7, 11) is 0. The highest BCUT2D eigenvalue weighted by Crippen LogP contribution is 2.62. The number of aryl methyl sites for hydroxylation is 1. The predicted octanol–water partition coefficient (Wildman–Crippen LogP) is 20.7. The quantitative estimate of drug-likeness (QED) is 0.119. The summed E-state index contributed by atoms with van der Waals surface area (Å²) in [6.07, 6.45) is 28.4. The Morgan fingerprint density at radius 2 is 1.02 bits per heavy atom. The zero-order valence-corrected chi connectivity index (χ0v) is 55.4. The monoisotopic (exact) mass is 1230 g/mol. The SMILES string of the molecule is Cc1cccc(-c2ccccc2)c1N1c2cc3c(cc2B2c4ccccc4N(c4ccccc4)c4cc(N(c5ccccc5)c5ccccc5)cc1c42)B1C2CCCCC2CC2CC(N(C4CCC(c5ccccc5)CC4)C4CCC(C5CCCCC5)CC4)CC(S3)C12. The Hall–Kier alpha value is -7.18. The fraction of sp³-hybridized carbons (Fsp3) is 0.372.